The third kappa shape index (κ3) is 4.52. The predicted molar refractivity (Wildman–Crippen MR) is 111 cm³/mol. The maximum Gasteiger partial charge on any atom is 0.142 e. The van der Waals surface area contributed by atoms with E-state index in [1.54, 1.807) is 19.6 Å². The number of pyridine rings is 2. The largest absolute Gasteiger partial charge is 0.383 e. The van der Waals surface area contributed by atoms with Gasteiger partial charge in [-0.2, -0.15) is 0 Å². The summed E-state index contributed by atoms with van der Waals surface area (Å²) in [6, 6.07) is 4.08. The van der Waals surface area contributed by atoms with Crippen LogP contribution in [-0.2, 0) is 23.0 Å². The minimum atomic E-state index is 0.130. The second kappa shape index (κ2) is 8.80. The van der Waals surface area contributed by atoms with Gasteiger partial charge in [-0.25, -0.2) is 4.98 Å². The number of aryl methyl sites for hydroxylation is 1. The van der Waals surface area contributed by atoms with Gasteiger partial charge in [0.2, 0.25) is 0 Å². The molecule has 1 aliphatic heterocycles. The Morgan fingerprint density at radius 1 is 1.17 bits per heavy atom. The zero-order valence-corrected chi connectivity index (χ0v) is 17.0. The second-order valence-electron chi connectivity index (χ2n) is 7.73. The first-order chi connectivity index (χ1) is 14.1. The molecule has 0 unspecified atom stereocenters. The quantitative estimate of drug-likeness (QED) is 0.614. The highest BCUT2D eigenvalue weighted by Gasteiger charge is 2.25. The molecule has 0 N–H and O–H groups in total. The van der Waals surface area contributed by atoms with Crippen molar-refractivity contribution in [3.63, 3.8) is 0 Å². The van der Waals surface area contributed by atoms with Crippen molar-refractivity contribution < 1.29 is 9.53 Å². The first kappa shape index (κ1) is 19.7. The van der Waals surface area contributed by atoms with E-state index in [-0.39, 0.29) is 5.92 Å². The molecule has 0 saturated carbocycles. The minimum Gasteiger partial charge on any atom is -0.383 e. The second-order valence-corrected chi connectivity index (χ2v) is 7.73. The fourth-order valence-electron chi connectivity index (χ4n) is 3.97. The number of carbonyl (C=O) groups is 1. The SMILES string of the molecule is COCCN1CCC(C(=O)Cc2cc3cc(-c4cncn4C)cnc3cn2)CC1. The Balaban J connectivity index is 1.44. The molecule has 29 heavy (non-hydrogen) atoms. The van der Waals surface area contributed by atoms with Gasteiger partial charge < -0.3 is 14.2 Å². The van der Waals surface area contributed by atoms with Crippen molar-refractivity contribution in [2.75, 3.05) is 33.4 Å². The molecule has 0 aliphatic carbocycles. The molecule has 1 saturated heterocycles. The van der Waals surface area contributed by atoms with Crippen LogP contribution in [0.4, 0.5) is 0 Å². The van der Waals surface area contributed by atoms with Gasteiger partial charge in [0, 0.05) is 55.9 Å². The highest BCUT2D eigenvalue weighted by molar-refractivity contribution is 5.86. The summed E-state index contributed by atoms with van der Waals surface area (Å²) in [5.74, 6) is 0.421. The number of hydrogen-bond donors (Lipinski definition) is 0. The number of likely N-dealkylation sites (tertiary alicyclic amines) is 1. The number of Topliss-reactive ketones (excluding diaryl/α,β-unsaturated/α-hetero) is 1. The van der Waals surface area contributed by atoms with Crippen LogP contribution in [0.15, 0.2) is 37.1 Å². The fraction of sp³-hybridized carbons (Fsp3) is 0.455. The molecule has 3 aromatic heterocycles. The summed E-state index contributed by atoms with van der Waals surface area (Å²) >= 11 is 0. The summed E-state index contributed by atoms with van der Waals surface area (Å²) in [5, 5.41) is 0.996. The molecule has 152 valence electrons. The van der Waals surface area contributed by atoms with Crippen LogP contribution in [0.25, 0.3) is 22.2 Å². The first-order valence-electron chi connectivity index (χ1n) is 10.1. The molecular weight excluding hydrogens is 366 g/mol. The van der Waals surface area contributed by atoms with Gasteiger partial charge in [-0.1, -0.05) is 0 Å². The van der Waals surface area contributed by atoms with Crippen LogP contribution in [0.5, 0.6) is 0 Å². The number of rotatable bonds is 7. The number of fused-ring (bicyclic) bond motifs is 1. The smallest absolute Gasteiger partial charge is 0.142 e. The Bertz CT molecular complexity index is 992. The number of aromatic nitrogens is 4. The first-order valence-corrected chi connectivity index (χ1v) is 10.1. The highest BCUT2D eigenvalue weighted by Crippen LogP contribution is 2.23. The maximum absolute atomic E-state index is 12.8. The van der Waals surface area contributed by atoms with E-state index >= 15 is 0 Å². The Hall–Kier alpha value is -2.64. The number of carbonyl (C=O) groups excluding carboxylic acids is 1. The summed E-state index contributed by atoms with van der Waals surface area (Å²) in [7, 11) is 3.69. The Labute approximate surface area is 170 Å². The average molecular weight is 393 g/mol. The third-order valence-corrected chi connectivity index (χ3v) is 5.75. The van der Waals surface area contributed by atoms with Crippen molar-refractivity contribution in [1.82, 2.24) is 24.4 Å². The van der Waals surface area contributed by atoms with E-state index in [1.807, 2.05) is 30.1 Å². The number of nitrogens with zero attached hydrogens (tertiary/aromatic N) is 5. The van der Waals surface area contributed by atoms with Crippen LogP contribution in [0.1, 0.15) is 18.5 Å². The number of piperidine rings is 1. The molecule has 1 aliphatic rings. The van der Waals surface area contributed by atoms with Crippen molar-refractivity contribution in [3.8, 4) is 11.3 Å². The van der Waals surface area contributed by atoms with E-state index in [0.29, 0.717) is 12.2 Å². The molecular formula is C22H27N5O2. The molecule has 0 amide bonds. The predicted octanol–water partition coefficient (Wildman–Crippen LogP) is 2.50. The molecule has 0 radical (unpaired) electrons. The molecule has 7 nitrogen and oxygen atoms in total. The fourth-order valence-corrected chi connectivity index (χ4v) is 3.97. The van der Waals surface area contributed by atoms with Gasteiger partial charge in [0.1, 0.15) is 5.78 Å². The highest BCUT2D eigenvalue weighted by atomic mass is 16.5. The van der Waals surface area contributed by atoms with Gasteiger partial charge in [0.15, 0.2) is 0 Å². The van der Waals surface area contributed by atoms with Gasteiger partial charge in [-0.15, -0.1) is 0 Å². The lowest BCUT2D eigenvalue weighted by atomic mass is 9.90. The van der Waals surface area contributed by atoms with E-state index in [1.165, 1.54) is 0 Å². The lowest BCUT2D eigenvalue weighted by molar-refractivity contribution is -0.123. The average Bonchev–Trinajstić information content (AvgIpc) is 3.18. The topological polar surface area (TPSA) is 73.1 Å². The summed E-state index contributed by atoms with van der Waals surface area (Å²) in [5.41, 5.74) is 3.66. The molecule has 7 heteroatoms. The van der Waals surface area contributed by atoms with Gasteiger partial charge in [0.25, 0.3) is 0 Å². The molecule has 1 fully saturated rings. The van der Waals surface area contributed by atoms with Crippen LogP contribution < -0.4 is 0 Å². The molecule has 0 bridgehead atoms. The van der Waals surface area contributed by atoms with Crippen molar-refractivity contribution in [3.05, 3.63) is 42.7 Å². The zero-order chi connectivity index (χ0) is 20.2. The maximum atomic E-state index is 12.8. The van der Waals surface area contributed by atoms with E-state index in [9.17, 15) is 4.79 Å². The van der Waals surface area contributed by atoms with Gasteiger partial charge in [-0.05, 0) is 38.1 Å². The summed E-state index contributed by atoms with van der Waals surface area (Å²) in [6.45, 7) is 3.61. The Kier molecular flexibility index (Phi) is 5.97. The normalized spacial score (nSPS) is 15.8. The molecule has 0 aromatic carbocycles. The summed E-state index contributed by atoms with van der Waals surface area (Å²) in [4.78, 5) is 28.4. The third-order valence-electron chi connectivity index (χ3n) is 5.75. The van der Waals surface area contributed by atoms with E-state index in [0.717, 1.165) is 66.9 Å². The number of hydrogen-bond acceptors (Lipinski definition) is 6. The van der Waals surface area contributed by atoms with Gasteiger partial charge in [-0.3, -0.25) is 14.8 Å². The van der Waals surface area contributed by atoms with Crippen LogP contribution in [0.2, 0.25) is 0 Å². The molecule has 0 atom stereocenters. The van der Waals surface area contributed by atoms with Crippen LogP contribution >= 0.6 is 0 Å². The molecule has 3 aromatic rings. The summed E-state index contributed by atoms with van der Waals surface area (Å²) in [6.07, 6.45) is 9.42. The Morgan fingerprint density at radius 3 is 2.72 bits per heavy atom. The molecule has 4 rings (SSSR count). The van der Waals surface area contributed by atoms with Crippen molar-refractivity contribution in [2.45, 2.75) is 19.3 Å². The van der Waals surface area contributed by atoms with Crippen molar-refractivity contribution in [2.24, 2.45) is 13.0 Å². The number of imidazole rings is 1. The van der Waals surface area contributed by atoms with E-state index < -0.39 is 0 Å². The summed E-state index contributed by atoms with van der Waals surface area (Å²) < 4.78 is 7.11. The van der Waals surface area contributed by atoms with Crippen molar-refractivity contribution >= 4 is 16.7 Å². The monoisotopic (exact) mass is 393 g/mol. The standard InChI is InChI=1S/C22H27N5O2/c1-26-15-23-14-21(26)18-9-17-10-19(24-13-20(17)25-12-18)11-22(28)16-3-5-27(6-4-16)7-8-29-2/h9-10,12-16H,3-8,11H2,1-2H3. The van der Waals surface area contributed by atoms with Crippen molar-refractivity contribution in [1.29, 1.82) is 0 Å². The number of ketones is 1. The zero-order valence-electron chi connectivity index (χ0n) is 17.0. The van der Waals surface area contributed by atoms with Crippen LogP contribution in [0.3, 0.4) is 0 Å². The van der Waals surface area contributed by atoms with Crippen LogP contribution in [-0.4, -0.2) is 63.6 Å². The lowest BCUT2D eigenvalue weighted by Gasteiger charge is -2.30. The minimum absolute atomic E-state index is 0.130. The number of ether oxygens (including phenoxy) is 1. The van der Waals surface area contributed by atoms with E-state index in [4.69, 9.17) is 4.74 Å². The van der Waals surface area contributed by atoms with E-state index in [2.05, 4.69) is 25.9 Å². The molecule has 4 heterocycles. The van der Waals surface area contributed by atoms with Crippen LogP contribution in [0, 0.1) is 5.92 Å². The lowest BCUT2D eigenvalue weighted by Crippen LogP contribution is -2.38. The number of methoxy groups -OCH3 is 1. The van der Waals surface area contributed by atoms with Gasteiger partial charge in [0.05, 0.1) is 36.5 Å². The Morgan fingerprint density at radius 2 is 2.00 bits per heavy atom. The van der Waals surface area contributed by atoms with Gasteiger partial charge >= 0.3 is 0 Å². The molecule has 0 spiro atoms.